The van der Waals surface area contributed by atoms with Gasteiger partial charge in [0, 0.05) is 38.6 Å². The van der Waals surface area contributed by atoms with Crippen LogP contribution in [-0.2, 0) is 21.8 Å². The van der Waals surface area contributed by atoms with Gasteiger partial charge in [-0.2, -0.15) is 4.31 Å². The molecule has 3 heterocycles. The number of hydrogen-bond donors (Lipinski definition) is 0. The van der Waals surface area contributed by atoms with E-state index in [2.05, 4.69) is 4.90 Å². The van der Waals surface area contributed by atoms with Crippen LogP contribution in [0, 0.1) is 5.92 Å². The van der Waals surface area contributed by atoms with E-state index in [9.17, 15) is 13.2 Å². The second-order valence-electron chi connectivity index (χ2n) is 6.88. The van der Waals surface area contributed by atoms with Crippen LogP contribution in [0.1, 0.15) is 0 Å². The summed E-state index contributed by atoms with van der Waals surface area (Å²) in [6.07, 6.45) is 0. The maximum Gasteiger partial charge on any atom is 0.419 e. The Morgan fingerprint density at radius 3 is 2.72 bits per heavy atom. The fourth-order valence-corrected chi connectivity index (χ4v) is 5.19. The number of benzene rings is 1. The predicted molar refractivity (Wildman–Crippen MR) is 90.9 cm³/mol. The number of fused-ring (bicyclic) bond motifs is 4. The Balaban J connectivity index is 1.74. The lowest BCUT2D eigenvalue weighted by atomic mass is 10.1. The van der Waals surface area contributed by atoms with Gasteiger partial charge in [-0.15, -0.1) is 0 Å². The van der Waals surface area contributed by atoms with Gasteiger partial charge in [-0.3, -0.25) is 9.47 Å². The van der Waals surface area contributed by atoms with Crippen LogP contribution < -0.4 is 5.76 Å². The van der Waals surface area contributed by atoms with Crippen LogP contribution in [0.4, 0.5) is 0 Å². The van der Waals surface area contributed by atoms with E-state index >= 15 is 0 Å². The topological polar surface area (TPSA) is 85.0 Å². The molecule has 2 aliphatic heterocycles. The van der Waals surface area contributed by atoms with Gasteiger partial charge in [0.05, 0.1) is 23.6 Å². The molecule has 2 bridgehead atoms. The van der Waals surface area contributed by atoms with Crippen LogP contribution in [0.2, 0.25) is 0 Å². The maximum absolute atomic E-state index is 13.2. The van der Waals surface area contributed by atoms with Crippen molar-refractivity contribution in [1.29, 1.82) is 0 Å². The van der Waals surface area contributed by atoms with Crippen molar-refractivity contribution in [2.75, 3.05) is 39.9 Å². The highest BCUT2D eigenvalue weighted by Gasteiger charge is 2.37. The molecule has 1 aromatic heterocycles. The molecule has 0 spiro atoms. The molecule has 8 nitrogen and oxygen atoms in total. The van der Waals surface area contributed by atoms with Gasteiger partial charge in [-0.1, -0.05) is 0 Å². The number of likely N-dealkylation sites (N-methyl/N-ethyl adjacent to an activating group) is 1. The zero-order chi connectivity index (χ0) is 17.8. The minimum atomic E-state index is -3.66. The standard InChI is InChI=1S/C16H21N3O5S/c1-17-6-11-7-19(8-12(17)10-23-9-11)25(21,22)13-3-4-15-14(5-13)18(2)16(20)24-15/h3-5,11-12H,6-10H2,1-2H3/t11-,12+/m1/s1. The first kappa shape index (κ1) is 16.8. The van der Waals surface area contributed by atoms with E-state index in [0.717, 1.165) is 6.54 Å². The molecule has 1 aromatic carbocycles. The molecule has 0 radical (unpaired) electrons. The normalized spacial score (nSPS) is 26.0. The molecule has 0 amide bonds. The molecule has 2 aliphatic rings. The van der Waals surface area contributed by atoms with Crippen molar-refractivity contribution in [3.8, 4) is 0 Å². The molecule has 0 aliphatic carbocycles. The summed E-state index contributed by atoms with van der Waals surface area (Å²) in [5, 5.41) is 0. The molecule has 4 rings (SSSR count). The molecule has 2 saturated heterocycles. The molecule has 2 atom stereocenters. The average molecular weight is 367 g/mol. The smallest absolute Gasteiger partial charge is 0.408 e. The first-order valence-electron chi connectivity index (χ1n) is 8.24. The van der Waals surface area contributed by atoms with Crippen molar-refractivity contribution in [3.05, 3.63) is 28.7 Å². The summed E-state index contributed by atoms with van der Waals surface area (Å²) in [6.45, 7) is 2.77. The van der Waals surface area contributed by atoms with E-state index in [1.165, 1.54) is 22.8 Å². The molecule has 9 heteroatoms. The van der Waals surface area contributed by atoms with Crippen LogP contribution in [0.5, 0.6) is 0 Å². The van der Waals surface area contributed by atoms with Crippen molar-refractivity contribution in [2.24, 2.45) is 13.0 Å². The number of ether oxygens (including phenoxy) is 1. The number of rotatable bonds is 2. The number of hydrogen-bond acceptors (Lipinski definition) is 6. The largest absolute Gasteiger partial charge is 0.419 e. The number of aromatic nitrogens is 1. The zero-order valence-electron chi connectivity index (χ0n) is 14.2. The lowest BCUT2D eigenvalue weighted by Crippen LogP contribution is -2.44. The van der Waals surface area contributed by atoms with Crippen LogP contribution >= 0.6 is 0 Å². The summed E-state index contributed by atoms with van der Waals surface area (Å²) in [6, 6.07) is 4.60. The highest BCUT2D eigenvalue weighted by Crippen LogP contribution is 2.26. The predicted octanol–water partition coefficient (Wildman–Crippen LogP) is 0.0826. The molecule has 2 fully saturated rings. The van der Waals surface area contributed by atoms with E-state index in [1.807, 2.05) is 7.05 Å². The summed E-state index contributed by atoms with van der Waals surface area (Å²) in [5.74, 6) is -0.359. The number of aryl methyl sites for hydroxylation is 1. The third kappa shape index (κ3) is 2.80. The van der Waals surface area contributed by atoms with Crippen molar-refractivity contribution in [1.82, 2.24) is 13.8 Å². The summed E-state index contributed by atoms with van der Waals surface area (Å²) < 4.78 is 40.0. The molecule has 0 unspecified atom stereocenters. The average Bonchev–Trinajstić information content (AvgIpc) is 2.68. The molecule has 0 N–H and O–H groups in total. The van der Waals surface area contributed by atoms with Crippen LogP contribution in [0.15, 0.2) is 32.3 Å². The van der Waals surface area contributed by atoms with Crippen LogP contribution in [0.3, 0.4) is 0 Å². The summed E-state index contributed by atoms with van der Waals surface area (Å²) in [4.78, 5) is 14.0. The van der Waals surface area contributed by atoms with Crippen molar-refractivity contribution in [3.63, 3.8) is 0 Å². The Hall–Kier alpha value is -1.68. The van der Waals surface area contributed by atoms with Crippen molar-refractivity contribution < 1.29 is 17.6 Å². The molecular formula is C16H21N3O5S. The Morgan fingerprint density at radius 2 is 1.92 bits per heavy atom. The fraction of sp³-hybridized carbons (Fsp3) is 0.562. The van der Waals surface area contributed by atoms with E-state index < -0.39 is 15.8 Å². The third-order valence-electron chi connectivity index (χ3n) is 5.11. The maximum atomic E-state index is 13.2. The number of nitrogens with zero attached hydrogens (tertiary/aromatic N) is 3. The van der Waals surface area contributed by atoms with Crippen LogP contribution in [0.25, 0.3) is 11.1 Å². The van der Waals surface area contributed by atoms with Gasteiger partial charge >= 0.3 is 5.76 Å². The molecule has 0 saturated carbocycles. The van der Waals surface area contributed by atoms with E-state index in [4.69, 9.17) is 9.15 Å². The Kier molecular flexibility index (Phi) is 3.99. The first-order valence-corrected chi connectivity index (χ1v) is 9.68. The van der Waals surface area contributed by atoms with E-state index in [0.29, 0.717) is 37.4 Å². The quantitative estimate of drug-likeness (QED) is 0.748. The lowest BCUT2D eigenvalue weighted by molar-refractivity contribution is 0.0727. The summed E-state index contributed by atoms with van der Waals surface area (Å²) in [5.41, 5.74) is 0.855. The fourth-order valence-electron chi connectivity index (χ4n) is 3.62. The number of sulfonamides is 1. The minimum Gasteiger partial charge on any atom is -0.408 e. The van der Waals surface area contributed by atoms with Gasteiger partial charge in [0.25, 0.3) is 0 Å². The minimum absolute atomic E-state index is 0.0456. The SMILES string of the molecule is CN1C[C@H]2COC[C@@H]1CN(S(=O)(=O)c1ccc3oc(=O)n(C)c3c1)C2. The van der Waals surface area contributed by atoms with Gasteiger partial charge in [-0.25, -0.2) is 13.2 Å². The monoisotopic (exact) mass is 367 g/mol. The highest BCUT2D eigenvalue weighted by atomic mass is 32.2. The summed E-state index contributed by atoms with van der Waals surface area (Å²) in [7, 11) is -0.0833. The van der Waals surface area contributed by atoms with Gasteiger partial charge in [0.2, 0.25) is 10.0 Å². The second kappa shape index (κ2) is 5.94. The highest BCUT2D eigenvalue weighted by molar-refractivity contribution is 7.89. The van der Waals surface area contributed by atoms with E-state index in [-0.39, 0.29) is 16.9 Å². The Morgan fingerprint density at radius 1 is 1.12 bits per heavy atom. The summed E-state index contributed by atoms with van der Waals surface area (Å²) >= 11 is 0. The first-order chi connectivity index (χ1) is 11.9. The number of oxazole rings is 1. The molecule has 2 aromatic rings. The van der Waals surface area contributed by atoms with Gasteiger partial charge < -0.3 is 9.15 Å². The van der Waals surface area contributed by atoms with Crippen molar-refractivity contribution in [2.45, 2.75) is 10.9 Å². The van der Waals surface area contributed by atoms with Gasteiger partial charge in [-0.05, 0) is 25.2 Å². The Bertz CT molecular complexity index is 964. The zero-order valence-corrected chi connectivity index (χ0v) is 15.0. The third-order valence-corrected chi connectivity index (χ3v) is 6.94. The molecule has 136 valence electrons. The van der Waals surface area contributed by atoms with Gasteiger partial charge in [0.15, 0.2) is 5.58 Å². The van der Waals surface area contributed by atoms with Crippen molar-refractivity contribution >= 4 is 21.1 Å². The van der Waals surface area contributed by atoms with Crippen LogP contribution in [-0.4, -0.2) is 68.1 Å². The lowest BCUT2D eigenvalue weighted by Gasteiger charge is -2.29. The van der Waals surface area contributed by atoms with E-state index in [1.54, 1.807) is 11.4 Å². The Labute approximate surface area is 145 Å². The molecule has 25 heavy (non-hydrogen) atoms. The molecular weight excluding hydrogens is 346 g/mol. The van der Waals surface area contributed by atoms with Gasteiger partial charge in [0.1, 0.15) is 0 Å². The second-order valence-corrected chi connectivity index (χ2v) is 8.81.